The predicted molar refractivity (Wildman–Crippen MR) is 171 cm³/mol. The average Bonchev–Trinajstić information content (AvgIpc) is 3.04. The van der Waals surface area contributed by atoms with Crippen molar-refractivity contribution < 1.29 is 9.47 Å². The van der Waals surface area contributed by atoms with Gasteiger partial charge in [-0.3, -0.25) is 0 Å². The molecule has 1 saturated carbocycles. The molecule has 0 bridgehead atoms. The quantitative estimate of drug-likeness (QED) is 0.244. The minimum absolute atomic E-state index is 0.0733. The Balaban J connectivity index is 1.10. The zero-order valence-electron chi connectivity index (χ0n) is 25.1. The van der Waals surface area contributed by atoms with Crippen LogP contribution in [0.15, 0.2) is 97.1 Å². The van der Waals surface area contributed by atoms with Gasteiger partial charge in [-0.15, -0.1) is 0 Å². The molecule has 7 rings (SSSR count). The standard InChI is InChI=1S/C38H42N2O2/c1-27-14-16-32(22-35(27)28-15-18-36-29(20-28)23-39(25-41-36)33-10-6-4-7-11-33)38(2,3)31-17-19-37-30(21-31)24-40(26-42-37)34-12-8-5-9-13-34/h4-13,15,17-21,27,32,35H,14,16,22-26H2,1-3H3. The molecule has 4 aromatic carbocycles. The van der Waals surface area contributed by atoms with Crippen molar-refractivity contribution in [2.75, 3.05) is 23.3 Å². The minimum atomic E-state index is 0.0733. The first-order valence-electron chi connectivity index (χ1n) is 15.6. The molecule has 3 aliphatic rings. The van der Waals surface area contributed by atoms with Crippen molar-refractivity contribution in [1.82, 2.24) is 0 Å². The second kappa shape index (κ2) is 11.1. The van der Waals surface area contributed by atoms with E-state index >= 15 is 0 Å². The fraction of sp³-hybridized carbons (Fsp3) is 0.368. The van der Waals surface area contributed by atoms with Crippen LogP contribution in [0.3, 0.4) is 0 Å². The Hall–Kier alpha value is -3.92. The summed E-state index contributed by atoms with van der Waals surface area (Å²) < 4.78 is 12.4. The van der Waals surface area contributed by atoms with Crippen molar-refractivity contribution in [3.05, 3.63) is 119 Å². The van der Waals surface area contributed by atoms with Crippen molar-refractivity contribution >= 4 is 11.4 Å². The van der Waals surface area contributed by atoms with Gasteiger partial charge in [0, 0.05) is 35.6 Å². The maximum atomic E-state index is 6.19. The number of nitrogens with zero attached hydrogens (tertiary/aromatic N) is 2. The molecule has 216 valence electrons. The molecular formula is C38H42N2O2. The summed E-state index contributed by atoms with van der Waals surface area (Å²) in [6, 6.07) is 35.1. The largest absolute Gasteiger partial charge is 0.473 e. The number of para-hydroxylation sites is 2. The second-order valence-corrected chi connectivity index (χ2v) is 13.1. The van der Waals surface area contributed by atoms with Gasteiger partial charge in [-0.05, 0) is 96.0 Å². The summed E-state index contributed by atoms with van der Waals surface area (Å²) >= 11 is 0. The Kier molecular flexibility index (Phi) is 7.09. The third kappa shape index (κ3) is 5.12. The molecular weight excluding hydrogens is 516 g/mol. The monoisotopic (exact) mass is 558 g/mol. The molecule has 0 spiro atoms. The van der Waals surface area contributed by atoms with Gasteiger partial charge in [0.25, 0.3) is 0 Å². The third-order valence-electron chi connectivity index (χ3n) is 10.3. The highest BCUT2D eigenvalue weighted by Crippen LogP contribution is 2.49. The Morgan fingerprint density at radius 2 is 1.24 bits per heavy atom. The van der Waals surface area contributed by atoms with Crippen LogP contribution in [0.5, 0.6) is 11.5 Å². The molecule has 0 radical (unpaired) electrons. The second-order valence-electron chi connectivity index (χ2n) is 13.1. The van der Waals surface area contributed by atoms with Crippen molar-refractivity contribution in [2.45, 2.75) is 64.5 Å². The lowest BCUT2D eigenvalue weighted by molar-refractivity contribution is 0.177. The van der Waals surface area contributed by atoms with E-state index < -0.39 is 0 Å². The number of hydrogen-bond donors (Lipinski definition) is 0. The van der Waals surface area contributed by atoms with Gasteiger partial charge >= 0.3 is 0 Å². The van der Waals surface area contributed by atoms with Crippen LogP contribution >= 0.6 is 0 Å². The molecule has 1 aliphatic carbocycles. The van der Waals surface area contributed by atoms with Gasteiger partial charge in [0.15, 0.2) is 13.5 Å². The number of fused-ring (bicyclic) bond motifs is 2. The first kappa shape index (κ1) is 26.9. The molecule has 4 heteroatoms. The van der Waals surface area contributed by atoms with Gasteiger partial charge in [-0.2, -0.15) is 0 Å². The molecule has 3 atom stereocenters. The van der Waals surface area contributed by atoms with Crippen LogP contribution in [0.2, 0.25) is 0 Å². The Labute approximate surface area is 250 Å². The Morgan fingerprint density at radius 3 is 1.86 bits per heavy atom. The first-order chi connectivity index (χ1) is 20.5. The Bertz CT molecular complexity index is 1530. The van der Waals surface area contributed by atoms with E-state index in [1.165, 1.54) is 52.9 Å². The lowest BCUT2D eigenvalue weighted by atomic mass is 9.61. The number of rotatable bonds is 5. The molecule has 3 unspecified atom stereocenters. The number of benzene rings is 4. The minimum Gasteiger partial charge on any atom is -0.473 e. The summed E-state index contributed by atoms with van der Waals surface area (Å²) in [6.07, 6.45) is 3.74. The van der Waals surface area contributed by atoms with Gasteiger partial charge in [0.05, 0.1) is 0 Å². The van der Waals surface area contributed by atoms with Gasteiger partial charge < -0.3 is 19.3 Å². The van der Waals surface area contributed by atoms with Crippen LogP contribution < -0.4 is 19.3 Å². The van der Waals surface area contributed by atoms with Crippen LogP contribution in [-0.2, 0) is 18.5 Å². The van der Waals surface area contributed by atoms with E-state index in [4.69, 9.17) is 9.47 Å². The van der Waals surface area contributed by atoms with Crippen LogP contribution in [0.1, 0.15) is 68.2 Å². The summed E-state index contributed by atoms with van der Waals surface area (Å²) in [5.41, 5.74) is 7.98. The lowest BCUT2D eigenvalue weighted by Crippen LogP contribution is -2.36. The Morgan fingerprint density at radius 1 is 0.667 bits per heavy atom. The van der Waals surface area contributed by atoms with E-state index in [1.807, 2.05) is 0 Å². The third-order valence-corrected chi connectivity index (χ3v) is 10.3. The molecule has 0 saturated heterocycles. The fourth-order valence-corrected chi connectivity index (χ4v) is 7.42. The molecule has 2 heterocycles. The number of hydrogen-bond acceptors (Lipinski definition) is 4. The van der Waals surface area contributed by atoms with Gasteiger partial charge in [0.1, 0.15) is 11.5 Å². The van der Waals surface area contributed by atoms with Crippen LogP contribution in [-0.4, -0.2) is 13.5 Å². The molecule has 1 fully saturated rings. The molecule has 0 aromatic heterocycles. The molecule has 2 aliphatic heterocycles. The smallest absolute Gasteiger partial charge is 0.161 e. The van der Waals surface area contributed by atoms with Crippen LogP contribution in [0.25, 0.3) is 0 Å². The van der Waals surface area contributed by atoms with Crippen molar-refractivity contribution in [1.29, 1.82) is 0 Å². The maximum absolute atomic E-state index is 6.19. The van der Waals surface area contributed by atoms with Crippen molar-refractivity contribution in [2.24, 2.45) is 11.8 Å². The summed E-state index contributed by atoms with van der Waals surface area (Å²) in [6.45, 7) is 10.3. The maximum Gasteiger partial charge on any atom is 0.161 e. The van der Waals surface area contributed by atoms with E-state index in [9.17, 15) is 0 Å². The van der Waals surface area contributed by atoms with Crippen LogP contribution in [0.4, 0.5) is 11.4 Å². The molecule has 4 aromatic rings. The van der Waals surface area contributed by atoms with Gasteiger partial charge in [0.2, 0.25) is 0 Å². The average molecular weight is 559 g/mol. The van der Waals surface area contributed by atoms with E-state index in [0.717, 1.165) is 24.6 Å². The van der Waals surface area contributed by atoms with Gasteiger partial charge in [-0.25, -0.2) is 0 Å². The van der Waals surface area contributed by atoms with E-state index in [0.29, 0.717) is 31.2 Å². The summed E-state index contributed by atoms with van der Waals surface area (Å²) in [5, 5.41) is 0. The first-order valence-corrected chi connectivity index (χ1v) is 15.6. The molecule has 4 nitrogen and oxygen atoms in total. The van der Waals surface area contributed by atoms with E-state index in [1.54, 1.807) is 0 Å². The molecule has 42 heavy (non-hydrogen) atoms. The summed E-state index contributed by atoms with van der Waals surface area (Å²) in [5.74, 6) is 3.89. The SMILES string of the molecule is CC1CCC(C(C)(C)c2ccc3c(c2)CN(c2ccccc2)CO3)CC1c1ccc2c(c1)CN(c1ccccc1)CO2. The zero-order chi connectivity index (χ0) is 28.7. The lowest BCUT2D eigenvalue weighted by Gasteiger charge is -2.44. The predicted octanol–water partition coefficient (Wildman–Crippen LogP) is 8.90. The number of anilines is 2. The number of ether oxygens (including phenoxy) is 2. The summed E-state index contributed by atoms with van der Waals surface area (Å²) in [4.78, 5) is 4.64. The van der Waals surface area contributed by atoms with Crippen molar-refractivity contribution in [3.63, 3.8) is 0 Å². The zero-order valence-corrected chi connectivity index (χ0v) is 25.1. The molecule has 0 N–H and O–H groups in total. The topological polar surface area (TPSA) is 24.9 Å². The highest BCUT2D eigenvalue weighted by Gasteiger charge is 2.39. The normalized spacial score (nSPS) is 22.0. The molecule has 0 amide bonds. The van der Waals surface area contributed by atoms with Crippen molar-refractivity contribution in [3.8, 4) is 11.5 Å². The van der Waals surface area contributed by atoms with Gasteiger partial charge in [-0.1, -0.05) is 75.4 Å². The highest BCUT2D eigenvalue weighted by molar-refractivity contribution is 5.52. The summed E-state index contributed by atoms with van der Waals surface area (Å²) in [7, 11) is 0. The van der Waals surface area contributed by atoms with E-state index in [-0.39, 0.29) is 5.41 Å². The highest BCUT2D eigenvalue weighted by atomic mass is 16.5. The fourth-order valence-electron chi connectivity index (χ4n) is 7.42. The van der Waals surface area contributed by atoms with Crippen LogP contribution in [0, 0.1) is 11.8 Å². The van der Waals surface area contributed by atoms with E-state index in [2.05, 4.69) is 128 Å².